The van der Waals surface area contributed by atoms with Crippen LogP contribution in [0.5, 0.6) is 5.75 Å². The number of anilines is 2. The van der Waals surface area contributed by atoms with Crippen LogP contribution >= 0.6 is 0 Å². The van der Waals surface area contributed by atoms with Crippen LogP contribution in [0.3, 0.4) is 0 Å². The van der Waals surface area contributed by atoms with Gasteiger partial charge < -0.3 is 20.1 Å². The van der Waals surface area contributed by atoms with Crippen molar-refractivity contribution in [2.24, 2.45) is 0 Å². The van der Waals surface area contributed by atoms with Crippen molar-refractivity contribution in [3.8, 4) is 5.75 Å². The lowest BCUT2D eigenvalue weighted by Gasteiger charge is -2.09. The van der Waals surface area contributed by atoms with Gasteiger partial charge in [-0.2, -0.15) is 0 Å². The van der Waals surface area contributed by atoms with Crippen molar-refractivity contribution in [2.45, 2.75) is 0 Å². The van der Waals surface area contributed by atoms with Crippen molar-refractivity contribution in [2.75, 3.05) is 38.0 Å². The molecule has 8 nitrogen and oxygen atoms in total. The van der Waals surface area contributed by atoms with E-state index in [2.05, 4.69) is 10.6 Å². The van der Waals surface area contributed by atoms with Gasteiger partial charge in [0.1, 0.15) is 11.4 Å². The Morgan fingerprint density at radius 1 is 1.20 bits per heavy atom. The van der Waals surface area contributed by atoms with Crippen LogP contribution in [-0.4, -0.2) is 38.2 Å². The molecule has 0 spiro atoms. The lowest BCUT2D eigenvalue weighted by Crippen LogP contribution is -2.13. The molecule has 8 heteroatoms. The molecule has 2 N–H and O–H groups in total. The van der Waals surface area contributed by atoms with E-state index in [0.717, 1.165) is 0 Å². The lowest BCUT2D eigenvalue weighted by atomic mass is 10.1. The van der Waals surface area contributed by atoms with E-state index in [1.807, 2.05) is 0 Å². The second kappa shape index (κ2) is 8.65. The Labute approximate surface area is 144 Å². The topological polar surface area (TPSA) is 103 Å². The van der Waals surface area contributed by atoms with Crippen LogP contribution in [0.15, 0.2) is 42.5 Å². The standard InChI is InChI=1S/C17H19N3O5/c1-24-9-8-18-15-7-6-12(10-16(15)20(22)23)17(21)19-13-4-3-5-14(11-13)25-2/h3-7,10-11,18H,8-9H2,1-2H3,(H,19,21). The number of carbonyl (C=O) groups excluding carboxylic acids is 1. The maximum absolute atomic E-state index is 12.3. The van der Waals surface area contributed by atoms with Gasteiger partial charge in [-0.1, -0.05) is 6.07 Å². The van der Waals surface area contributed by atoms with Crippen LogP contribution in [0.4, 0.5) is 17.1 Å². The Morgan fingerprint density at radius 3 is 2.68 bits per heavy atom. The van der Waals surface area contributed by atoms with Crippen molar-refractivity contribution in [1.29, 1.82) is 0 Å². The number of hydrogen-bond donors (Lipinski definition) is 2. The monoisotopic (exact) mass is 345 g/mol. The van der Waals surface area contributed by atoms with Gasteiger partial charge in [-0.15, -0.1) is 0 Å². The van der Waals surface area contributed by atoms with Gasteiger partial charge >= 0.3 is 0 Å². The number of rotatable bonds is 8. The average Bonchev–Trinajstić information content (AvgIpc) is 2.62. The molecule has 0 fully saturated rings. The third kappa shape index (κ3) is 4.92. The molecular formula is C17H19N3O5. The number of nitrogens with one attached hydrogen (secondary N) is 2. The second-order valence-electron chi connectivity index (χ2n) is 5.09. The van der Waals surface area contributed by atoms with E-state index in [1.54, 1.807) is 31.4 Å². The fourth-order valence-electron chi connectivity index (χ4n) is 2.17. The number of hydrogen-bond acceptors (Lipinski definition) is 6. The highest BCUT2D eigenvalue weighted by Gasteiger charge is 2.17. The smallest absolute Gasteiger partial charge is 0.293 e. The molecule has 0 saturated heterocycles. The van der Waals surface area contributed by atoms with Gasteiger partial charge in [0.25, 0.3) is 11.6 Å². The molecule has 25 heavy (non-hydrogen) atoms. The summed E-state index contributed by atoms with van der Waals surface area (Å²) in [5.74, 6) is 0.154. The molecule has 0 atom stereocenters. The van der Waals surface area contributed by atoms with Gasteiger partial charge in [0.15, 0.2) is 0 Å². The zero-order chi connectivity index (χ0) is 18.2. The maximum Gasteiger partial charge on any atom is 0.293 e. The van der Waals surface area contributed by atoms with Gasteiger partial charge in [-0.3, -0.25) is 14.9 Å². The first-order chi connectivity index (χ1) is 12.0. The predicted molar refractivity (Wildman–Crippen MR) is 94.4 cm³/mol. The van der Waals surface area contributed by atoms with Crippen molar-refractivity contribution >= 4 is 23.0 Å². The van der Waals surface area contributed by atoms with E-state index < -0.39 is 10.8 Å². The van der Waals surface area contributed by atoms with Crippen LogP contribution in [0.2, 0.25) is 0 Å². The molecule has 0 heterocycles. The van der Waals surface area contributed by atoms with E-state index in [4.69, 9.17) is 9.47 Å². The molecule has 0 aliphatic carbocycles. The zero-order valence-electron chi connectivity index (χ0n) is 13.9. The summed E-state index contributed by atoms with van der Waals surface area (Å²) in [4.78, 5) is 23.1. The largest absolute Gasteiger partial charge is 0.497 e. The summed E-state index contributed by atoms with van der Waals surface area (Å²) in [5, 5.41) is 16.9. The Hall–Kier alpha value is -3.13. The highest BCUT2D eigenvalue weighted by atomic mass is 16.6. The summed E-state index contributed by atoms with van der Waals surface area (Å²) < 4.78 is 10.0. The second-order valence-corrected chi connectivity index (χ2v) is 5.09. The molecule has 0 radical (unpaired) electrons. The van der Waals surface area contributed by atoms with Gasteiger partial charge in [0, 0.05) is 37.0 Å². The first-order valence-corrected chi connectivity index (χ1v) is 7.52. The van der Waals surface area contributed by atoms with Crippen LogP contribution in [0.25, 0.3) is 0 Å². The number of carbonyl (C=O) groups is 1. The molecule has 2 aromatic rings. The van der Waals surface area contributed by atoms with Crippen molar-refractivity contribution in [1.82, 2.24) is 0 Å². The van der Waals surface area contributed by atoms with Crippen molar-refractivity contribution < 1.29 is 19.2 Å². The minimum absolute atomic E-state index is 0.172. The number of methoxy groups -OCH3 is 2. The number of nitrogens with zero attached hydrogens (tertiary/aromatic N) is 1. The van der Waals surface area contributed by atoms with Gasteiger partial charge in [-0.25, -0.2) is 0 Å². The number of benzene rings is 2. The molecule has 0 aromatic heterocycles. The van der Waals surface area contributed by atoms with Gasteiger partial charge in [0.05, 0.1) is 18.6 Å². The summed E-state index contributed by atoms with van der Waals surface area (Å²) in [6, 6.07) is 11.1. The van der Waals surface area contributed by atoms with Crippen molar-refractivity contribution in [3.05, 3.63) is 58.1 Å². The fourth-order valence-corrected chi connectivity index (χ4v) is 2.17. The predicted octanol–water partition coefficient (Wildman–Crippen LogP) is 2.91. The first-order valence-electron chi connectivity index (χ1n) is 7.52. The molecule has 2 rings (SSSR count). The van der Waals surface area contributed by atoms with E-state index in [-0.39, 0.29) is 11.3 Å². The van der Waals surface area contributed by atoms with Crippen LogP contribution in [0.1, 0.15) is 10.4 Å². The molecule has 0 saturated carbocycles. The first kappa shape index (κ1) is 18.2. The normalized spacial score (nSPS) is 10.2. The quantitative estimate of drug-likeness (QED) is 0.433. The maximum atomic E-state index is 12.3. The molecule has 0 aliphatic rings. The molecule has 1 amide bonds. The highest BCUT2D eigenvalue weighted by molar-refractivity contribution is 6.05. The van der Waals surface area contributed by atoms with E-state index in [1.165, 1.54) is 25.3 Å². The molecule has 132 valence electrons. The third-order valence-corrected chi connectivity index (χ3v) is 3.41. The van der Waals surface area contributed by atoms with E-state index >= 15 is 0 Å². The summed E-state index contributed by atoms with van der Waals surface area (Å²) in [7, 11) is 3.07. The van der Waals surface area contributed by atoms with Gasteiger partial charge in [0.2, 0.25) is 0 Å². The molecule has 0 aliphatic heterocycles. The number of ether oxygens (including phenoxy) is 2. The van der Waals surface area contributed by atoms with Crippen LogP contribution < -0.4 is 15.4 Å². The number of amides is 1. The summed E-state index contributed by atoms with van der Waals surface area (Å²) >= 11 is 0. The number of nitro groups is 1. The minimum Gasteiger partial charge on any atom is -0.497 e. The van der Waals surface area contributed by atoms with Gasteiger partial charge in [-0.05, 0) is 24.3 Å². The molecule has 2 aromatic carbocycles. The van der Waals surface area contributed by atoms with Crippen LogP contribution in [-0.2, 0) is 4.74 Å². The molecular weight excluding hydrogens is 326 g/mol. The summed E-state index contributed by atoms with van der Waals surface area (Å²) in [6.45, 7) is 0.835. The third-order valence-electron chi connectivity index (χ3n) is 3.41. The fraction of sp³-hybridized carbons (Fsp3) is 0.235. The Bertz CT molecular complexity index is 764. The Balaban J connectivity index is 2.18. The minimum atomic E-state index is -0.530. The lowest BCUT2D eigenvalue weighted by molar-refractivity contribution is -0.384. The molecule has 0 bridgehead atoms. The Morgan fingerprint density at radius 2 is 2.00 bits per heavy atom. The zero-order valence-corrected chi connectivity index (χ0v) is 13.9. The van der Waals surface area contributed by atoms with Crippen molar-refractivity contribution in [3.63, 3.8) is 0 Å². The molecule has 0 unspecified atom stereocenters. The SMILES string of the molecule is COCCNc1ccc(C(=O)Nc2cccc(OC)c2)cc1[N+](=O)[O-]. The number of nitro benzene ring substituents is 1. The Kier molecular flexibility index (Phi) is 6.30. The van der Waals surface area contributed by atoms with E-state index in [0.29, 0.717) is 30.3 Å². The van der Waals surface area contributed by atoms with E-state index in [9.17, 15) is 14.9 Å². The average molecular weight is 345 g/mol. The highest BCUT2D eigenvalue weighted by Crippen LogP contribution is 2.26. The summed E-state index contributed by atoms with van der Waals surface area (Å²) in [6.07, 6.45) is 0. The van der Waals surface area contributed by atoms with Crippen LogP contribution in [0, 0.1) is 10.1 Å². The summed E-state index contributed by atoms with van der Waals surface area (Å²) in [5.41, 5.74) is 0.885.